The Morgan fingerprint density at radius 1 is 1.20 bits per heavy atom. The zero-order valence-corrected chi connectivity index (χ0v) is 19.5. The average Bonchev–Trinajstić information content (AvgIpc) is 3.35. The fraction of sp³-hybridized carbons (Fsp3) is 0.429. The monoisotopic (exact) mass is 465 g/mol. The third-order valence-electron chi connectivity index (χ3n) is 5.02. The van der Waals surface area contributed by atoms with Gasteiger partial charge in [0.1, 0.15) is 10.6 Å². The van der Waals surface area contributed by atoms with Crippen LogP contribution in [0.2, 0.25) is 0 Å². The van der Waals surface area contributed by atoms with Crippen molar-refractivity contribution in [3.05, 3.63) is 35.0 Å². The number of hydrogen-bond donors (Lipinski definition) is 0. The molecule has 160 valence electrons. The molecule has 0 saturated carbocycles. The molecule has 0 N–H and O–H groups in total. The summed E-state index contributed by atoms with van der Waals surface area (Å²) >= 11 is 3.02. The van der Waals surface area contributed by atoms with Crippen molar-refractivity contribution in [2.24, 2.45) is 0 Å². The first-order valence-electron chi connectivity index (χ1n) is 9.61. The van der Waals surface area contributed by atoms with E-state index in [1.54, 1.807) is 44.2 Å². The van der Waals surface area contributed by atoms with Crippen LogP contribution in [0.4, 0.5) is 0 Å². The molecule has 0 atom stereocenters. The molecule has 0 aliphatic carbocycles. The van der Waals surface area contributed by atoms with E-state index in [0.717, 1.165) is 20.8 Å². The van der Waals surface area contributed by atoms with E-state index in [2.05, 4.69) is 4.98 Å². The van der Waals surface area contributed by atoms with Crippen LogP contribution >= 0.6 is 22.7 Å². The van der Waals surface area contributed by atoms with Crippen LogP contribution in [0, 0.1) is 0 Å². The van der Waals surface area contributed by atoms with Gasteiger partial charge in [-0.05, 0) is 50.4 Å². The van der Waals surface area contributed by atoms with Gasteiger partial charge in [-0.3, -0.25) is 4.79 Å². The minimum Gasteiger partial charge on any atom is -0.459 e. The number of sulfone groups is 1. The second kappa shape index (κ2) is 7.71. The predicted octanol–water partition coefficient (Wildman–Crippen LogP) is 4.69. The minimum absolute atomic E-state index is 0.0745. The van der Waals surface area contributed by atoms with E-state index < -0.39 is 26.2 Å². The number of fused-ring (bicyclic) bond motifs is 1. The van der Waals surface area contributed by atoms with Crippen molar-refractivity contribution < 1.29 is 22.7 Å². The highest BCUT2D eigenvalue weighted by Crippen LogP contribution is 2.39. The van der Waals surface area contributed by atoms with Gasteiger partial charge in [0.15, 0.2) is 14.6 Å². The maximum absolute atomic E-state index is 13.7. The number of ether oxygens (including phenoxy) is 2. The Kier molecular flexibility index (Phi) is 5.50. The summed E-state index contributed by atoms with van der Waals surface area (Å²) in [5, 5.41) is 4.83. The van der Waals surface area contributed by atoms with Gasteiger partial charge >= 0.3 is 5.97 Å². The number of esters is 1. The lowest BCUT2D eigenvalue weighted by molar-refractivity contribution is -0.160. The van der Waals surface area contributed by atoms with E-state index in [4.69, 9.17) is 9.47 Å². The summed E-state index contributed by atoms with van der Waals surface area (Å²) in [7, 11) is -4.00. The number of nitrogens with zero attached hydrogens (tertiary/aromatic N) is 1. The molecule has 30 heavy (non-hydrogen) atoms. The van der Waals surface area contributed by atoms with Crippen molar-refractivity contribution in [3.8, 4) is 10.6 Å². The number of carbonyl (C=O) groups is 1. The summed E-state index contributed by atoms with van der Waals surface area (Å²) in [5.74, 6) is -0.707. The van der Waals surface area contributed by atoms with Gasteiger partial charge in [-0.15, -0.1) is 11.3 Å². The number of hydrogen-bond acceptors (Lipinski definition) is 8. The molecule has 6 nitrogen and oxygen atoms in total. The molecular weight excluding hydrogens is 442 g/mol. The van der Waals surface area contributed by atoms with Crippen LogP contribution in [0.3, 0.4) is 0 Å². The summed E-state index contributed by atoms with van der Waals surface area (Å²) in [6.07, 6.45) is 0.149. The van der Waals surface area contributed by atoms with Gasteiger partial charge in [0.25, 0.3) is 0 Å². The van der Waals surface area contributed by atoms with Crippen molar-refractivity contribution >= 4 is 48.7 Å². The summed E-state index contributed by atoms with van der Waals surface area (Å²) in [6, 6.07) is 6.85. The lowest BCUT2D eigenvalue weighted by atomic mass is 9.99. The van der Waals surface area contributed by atoms with Gasteiger partial charge in [-0.1, -0.05) is 0 Å². The Hall–Kier alpha value is -1.81. The van der Waals surface area contributed by atoms with Crippen LogP contribution < -0.4 is 0 Å². The SMILES string of the molecule is CC(C)(C)OC(=O)C1(S(=O)(=O)c2ccc3nc(-c4ccsc4)sc3c2)CCOCC1. The number of carbonyl (C=O) groups excluding carboxylic acids is 1. The number of thiazole rings is 1. The Bertz CT molecular complexity index is 1170. The van der Waals surface area contributed by atoms with E-state index in [0.29, 0.717) is 0 Å². The average molecular weight is 466 g/mol. The van der Waals surface area contributed by atoms with Crippen molar-refractivity contribution in [1.29, 1.82) is 0 Å². The molecule has 3 aromatic rings. The molecule has 2 aromatic heterocycles. The third-order valence-corrected chi connectivity index (χ3v) is 9.25. The molecule has 9 heteroatoms. The molecule has 0 spiro atoms. The number of benzene rings is 1. The summed E-state index contributed by atoms with van der Waals surface area (Å²) in [5.41, 5.74) is 0.966. The molecule has 1 aliphatic heterocycles. The molecule has 3 heterocycles. The van der Waals surface area contributed by atoms with Crippen LogP contribution in [0.25, 0.3) is 20.8 Å². The smallest absolute Gasteiger partial charge is 0.328 e. The van der Waals surface area contributed by atoms with Crippen molar-refractivity contribution in [3.63, 3.8) is 0 Å². The molecule has 4 rings (SSSR count). The molecule has 1 aliphatic rings. The van der Waals surface area contributed by atoms with Gasteiger partial charge in [0, 0.05) is 37.0 Å². The molecule has 0 unspecified atom stereocenters. The highest BCUT2D eigenvalue weighted by Gasteiger charge is 2.54. The Labute approximate surface area is 183 Å². The van der Waals surface area contributed by atoms with Gasteiger partial charge in [0.05, 0.1) is 15.1 Å². The summed E-state index contributed by atoms with van der Waals surface area (Å²) in [6.45, 7) is 5.60. The van der Waals surface area contributed by atoms with Crippen LogP contribution in [-0.4, -0.2) is 42.9 Å². The minimum atomic E-state index is -4.00. The molecule has 0 bridgehead atoms. The largest absolute Gasteiger partial charge is 0.459 e. The van der Waals surface area contributed by atoms with Crippen LogP contribution in [0.5, 0.6) is 0 Å². The zero-order valence-electron chi connectivity index (χ0n) is 17.0. The van der Waals surface area contributed by atoms with E-state index >= 15 is 0 Å². The molecule has 0 radical (unpaired) electrons. The van der Waals surface area contributed by atoms with Gasteiger partial charge in [-0.2, -0.15) is 11.3 Å². The second-order valence-corrected chi connectivity index (χ2v) is 12.3. The lowest BCUT2D eigenvalue weighted by Crippen LogP contribution is -2.53. The molecule has 1 fully saturated rings. The Morgan fingerprint density at radius 2 is 1.93 bits per heavy atom. The normalized spacial score (nSPS) is 17.2. The summed E-state index contributed by atoms with van der Waals surface area (Å²) in [4.78, 5) is 17.8. The standard InChI is InChI=1S/C21H23NO5S3/c1-20(2,3)27-19(23)21(7-9-26-10-8-21)30(24,25)15-4-5-16-17(12-15)29-18(22-16)14-6-11-28-13-14/h4-6,11-13H,7-10H2,1-3H3. The third kappa shape index (κ3) is 3.79. The maximum atomic E-state index is 13.7. The van der Waals surface area contributed by atoms with Gasteiger partial charge in [0.2, 0.25) is 0 Å². The molecular formula is C21H23NO5S3. The van der Waals surface area contributed by atoms with E-state index in [9.17, 15) is 13.2 Å². The van der Waals surface area contributed by atoms with Crippen molar-refractivity contribution in [1.82, 2.24) is 4.98 Å². The molecule has 0 amide bonds. The quantitative estimate of drug-likeness (QED) is 0.520. The van der Waals surface area contributed by atoms with E-state index in [1.165, 1.54) is 17.4 Å². The van der Waals surface area contributed by atoms with Crippen molar-refractivity contribution in [2.45, 2.75) is 48.9 Å². The highest BCUT2D eigenvalue weighted by molar-refractivity contribution is 7.93. The fourth-order valence-corrected chi connectivity index (χ4v) is 7.19. The Morgan fingerprint density at radius 3 is 2.57 bits per heavy atom. The van der Waals surface area contributed by atoms with Crippen LogP contribution in [-0.2, 0) is 24.1 Å². The first-order valence-corrected chi connectivity index (χ1v) is 12.9. The zero-order chi connectivity index (χ0) is 21.6. The second-order valence-electron chi connectivity index (χ2n) is 8.27. The first-order chi connectivity index (χ1) is 14.1. The van der Waals surface area contributed by atoms with E-state index in [-0.39, 0.29) is 31.0 Å². The van der Waals surface area contributed by atoms with Gasteiger partial charge < -0.3 is 9.47 Å². The lowest BCUT2D eigenvalue weighted by Gasteiger charge is -2.36. The highest BCUT2D eigenvalue weighted by atomic mass is 32.2. The Balaban J connectivity index is 1.77. The molecule has 1 saturated heterocycles. The molecule has 1 aromatic carbocycles. The van der Waals surface area contributed by atoms with Crippen molar-refractivity contribution in [2.75, 3.05) is 13.2 Å². The maximum Gasteiger partial charge on any atom is 0.328 e. The number of thiophene rings is 1. The van der Waals surface area contributed by atoms with Gasteiger partial charge in [-0.25, -0.2) is 13.4 Å². The van der Waals surface area contributed by atoms with Crippen LogP contribution in [0.1, 0.15) is 33.6 Å². The van der Waals surface area contributed by atoms with E-state index in [1.807, 2.05) is 16.8 Å². The first kappa shape index (κ1) is 21.4. The topological polar surface area (TPSA) is 82.6 Å². The number of rotatable bonds is 4. The predicted molar refractivity (Wildman–Crippen MR) is 119 cm³/mol. The summed E-state index contributed by atoms with van der Waals surface area (Å²) < 4.78 is 37.5. The van der Waals surface area contributed by atoms with Crippen LogP contribution in [0.15, 0.2) is 39.9 Å². The number of aromatic nitrogens is 1. The fourth-order valence-electron chi connectivity index (χ4n) is 3.46.